The molecule has 0 atom stereocenters. The van der Waals surface area contributed by atoms with Crippen molar-refractivity contribution in [2.45, 2.75) is 6.92 Å². The van der Waals surface area contributed by atoms with E-state index in [1.165, 1.54) is 0 Å². The van der Waals surface area contributed by atoms with Crippen molar-refractivity contribution in [3.8, 4) is 11.9 Å². The Balaban J connectivity index is 2.24. The summed E-state index contributed by atoms with van der Waals surface area (Å²) in [5.74, 6) is 0.465. The van der Waals surface area contributed by atoms with Crippen LogP contribution in [-0.2, 0) is 7.05 Å². The second kappa shape index (κ2) is 3.98. The first-order chi connectivity index (χ1) is 7.15. The lowest BCUT2D eigenvalue weighted by Gasteiger charge is -2.02. The van der Waals surface area contributed by atoms with Crippen molar-refractivity contribution in [3.05, 3.63) is 28.6 Å². The zero-order chi connectivity index (χ0) is 10.8. The van der Waals surface area contributed by atoms with Crippen LogP contribution in [0.5, 0.6) is 11.9 Å². The molecular weight excluding hydrogens is 260 g/mol. The van der Waals surface area contributed by atoms with E-state index in [0.717, 1.165) is 10.0 Å². The molecule has 0 aliphatic heterocycles. The fourth-order valence-electron chi connectivity index (χ4n) is 1.05. The standard InChI is InChI=1S/C9H9BrN4O/c1-6-3-7(10)8(11-4-6)15-9-12-5-14(2)13-9/h3-5H,1-2H3. The molecule has 0 amide bonds. The molecule has 0 aliphatic carbocycles. The minimum Gasteiger partial charge on any atom is -0.403 e. The largest absolute Gasteiger partial charge is 0.403 e. The monoisotopic (exact) mass is 268 g/mol. The van der Waals surface area contributed by atoms with Gasteiger partial charge in [0, 0.05) is 13.2 Å². The molecule has 15 heavy (non-hydrogen) atoms. The van der Waals surface area contributed by atoms with Gasteiger partial charge in [-0.15, -0.1) is 5.10 Å². The molecule has 0 saturated carbocycles. The van der Waals surface area contributed by atoms with E-state index < -0.39 is 0 Å². The Labute approximate surface area is 95.2 Å². The van der Waals surface area contributed by atoms with Gasteiger partial charge in [0.1, 0.15) is 6.33 Å². The normalized spacial score (nSPS) is 10.3. The molecule has 2 aromatic heterocycles. The quantitative estimate of drug-likeness (QED) is 0.837. The van der Waals surface area contributed by atoms with Crippen molar-refractivity contribution < 1.29 is 4.74 Å². The average molecular weight is 269 g/mol. The summed E-state index contributed by atoms with van der Waals surface area (Å²) in [7, 11) is 1.78. The van der Waals surface area contributed by atoms with E-state index in [9.17, 15) is 0 Å². The fraction of sp³-hybridized carbons (Fsp3) is 0.222. The molecule has 0 unspecified atom stereocenters. The van der Waals surface area contributed by atoms with E-state index in [-0.39, 0.29) is 6.01 Å². The van der Waals surface area contributed by atoms with Crippen LogP contribution in [0.15, 0.2) is 23.1 Å². The fourth-order valence-corrected chi connectivity index (χ4v) is 1.59. The highest BCUT2D eigenvalue weighted by Crippen LogP contribution is 2.25. The van der Waals surface area contributed by atoms with Crippen LogP contribution in [0.1, 0.15) is 5.56 Å². The zero-order valence-corrected chi connectivity index (χ0v) is 9.89. The average Bonchev–Trinajstić information content (AvgIpc) is 2.56. The number of rotatable bonds is 2. The summed E-state index contributed by atoms with van der Waals surface area (Å²) in [5, 5.41) is 3.99. The van der Waals surface area contributed by atoms with Gasteiger partial charge in [-0.2, -0.15) is 4.98 Å². The van der Waals surface area contributed by atoms with Gasteiger partial charge in [-0.05, 0) is 34.5 Å². The van der Waals surface area contributed by atoms with E-state index in [2.05, 4.69) is 31.0 Å². The highest BCUT2D eigenvalue weighted by molar-refractivity contribution is 9.10. The van der Waals surface area contributed by atoms with Crippen molar-refractivity contribution in [1.82, 2.24) is 19.7 Å². The summed E-state index contributed by atoms with van der Waals surface area (Å²) in [6.45, 7) is 1.96. The van der Waals surface area contributed by atoms with Crippen LogP contribution in [0.4, 0.5) is 0 Å². The number of aryl methyl sites for hydroxylation is 2. The van der Waals surface area contributed by atoms with Crippen LogP contribution in [0, 0.1) is 6.92 Å². The smallest absolute Gasteiger partial charge is 0.342 e. The van der Waals surface area contributed by atoms with Crippen molar-refractivity contribution in [2.75, 3.05) is 0 Å². The molecule has 0 aliphatic rings. The number of pyridine rings is 1. The lowest BCUT2D eigenvalue weighted by atomic mass is 10.3. The van der Waals surface area contributed by atoms with Crippen LogP contribution in [0.2, 0.25) is 0 Å². The maximum Gasteiger partial charge on any atom is 0.342 e. The van der Waals surface area contributed by atoms with Gasteiger partial charge in [-0.25, -0.2) is 4.98 Å². The van der Waals surface area contributed by atoms with E-state index in [4.69, 9.17) is 4.74 Å². The third kappa shape index (κ3) is 2.33. The third-order valence-corrected chi connectivity index (χ3v) is 2.28. The first kappa shape index (κ1) is 10.1. The molecular formula is C9H9BrN4O. The highest BCUT2D eigenvalue weighted by Gasteiger charge is 2.07. The second-order valence-electron chi connectivity index (χ2n) is 3.10. The van der Waals surface area contributed by atoms with Gasteiger partial charge >= 0.3 is 6.01 Å². The molecule has 78 valence electrons. The second-order valence-corrected chi connectivity index (χ2v) is 3.96. The van der Waals surface area contributed by atoms with E-state index in [1.807, 2.05) is 13.0 Å². The molecule has 0 N–H and O–H groups in total. The van der Waals surface area contributed by atoms with Gasteiger partial charge in [0.2, 0.25) is 5.88 Å². The zero-order valence-electron chi connectivity index (χ0n) is 8.31. The summed E-state index contributed by atoms with van der Waals surface area (Å²) in [6, 6.07) is 2.21. The SMILES string of the molecule is Cc1cnc(Oc2ncn(C)n2)c(Br)c1. The Bertz CT molecular complexity index is 483. The number of halogens is 1. The van der Waals surface area contributed by atoms with Crippen LogP contribution in [-0.4, -0.2) is 19.7 Å². The van der Waals surface area contributed by atoms with E-state index in [0.29, 0.717) is 5.88 Å². The Kier molecular flexibility index (Phi) is 2.68. The van der Waals surface area contributed by atoms with Gasteiger partial charge in [-0.1, -0.05) is 0 Å². The van der Waals surface area contributed by atoms with E-state index >= 15 is 0 Å². The third-order valence-electron chi connectivity index (χ3n) is 1.71. The molecule has 0 radical (unpaired) electrons. The summed E-state index contributed by atoms with van der Waals surface area (Å²) >= 11 is 3.36. The van der Waals surface area contributed by atoms with Gasteiger partial charge in [0.15, 0.2) is 0 Å². The number of hydrogen-bond donors (Lipinski definition) is 0. The van der Waals surface area contributed by atoms with Gasteiger partial charge in [0.05, 0.1) is 4.47 Å². The van der Waals surface area contributed by atoms with Crippen LogP contribution in [0.3, 0.4) is 0 Å². The molecule has 0 saturated heterocycles. The molecule has 0 bridgehead atoms. The summed E-state index contributed by atoms with van der Waals surface area (Å²) < 4.78 is 7.74. The number of hydrogen-bond acceptors (Lipinski definition) is 4. The lowest BCUT2D eigenvalue weighted by molar-refractivity contribution is 0.419. The van der Waals surface area contributed by atoms with Gasteiger partial charge in [0.25, 0.3) is 0 Å². The van der Waals surface area contributed by atoms with Crippen molar-refractivity contribution in [3.63, 3.8) is 0 Å². The molecule has 0 aromatic carbocycles. The van der Waals surface area contributed by atoms with Crippen LogP contribution in [0.25, 0.3) is 0 Å². The lowest BCUT2D eigenvalue weighted by Crippen LogP contribution is -1.93. The molecule has 2 heterocycles. The topological polar surface area (TPSA) is 52.8 Å². The molecule has 0 spiro atoms. The van der Waals surface area contributed by atoms with Crippen LogP contribution >= 0.6 is 15.9 Å². The Hall–Kier alpha value is -1.43. The Morgan fingerprint density at radius 3 is 2.80 bits per heavy atom. The Morgan fingerprint density at radius 1 is 1.40 bits per heavy atom. The molecule has 6 heteroatoms. The molecule has 0 fully saturated rings. The number of ether oxygens (including phenoxy) is 1. The van der Waals surface area contributed by atoms with Crippen molar-refractivity contribution in [2.24, 2.45) is 7.05 Å². The Morgan fingerprint density at radius 2 is 2.20 bits per heavy atom. The maximum absolute atomic E-state index is 5.38. The van der Waals surface area contributed by atoms with Crippen molar-refractivity contribution >= 4 is 15.9 Å². The van der Waals surface area contributed by atoms with Gasteiger partial charge in [-0.3, -0.25) is 4.68 Å². The number of aromatic nitrogens is 4. The first-order valence-corrected chi connectivity index (χ1v) is 5.10. The number of nitrogens with zero attached hydrogens (tertiary/aromatic N) is 4. The highest BCUT2D eigenvalue weighted by atomic mass is 79.9. The summed E-state index contributed by atoms with van der Waals surface area (Å²) in [5.41, 5.74) is 1.06. The summed E-state index contributed by atoms with van der Waals surface area (Å²) in [4.78, 5) is 8.07. The van der Waals surface area contributed by atoms with E-state index in [1.54, 1.807) is 24.3 Å². The maximum atomic E-state index is 5.38. The van der Waals surface area contributed by atoms with Gasteiger partial charge < -0.3 is 4.74 Å². The minimum absolute atomic E-state index is 0.287. The van der Waals surface area contributed by atoms with Crippen molar-refractivity contribution in [1.29, 1.82) is 0 Å². The first-order valence-electron chi connectivity index (χ1n) is 4.31. The van der Waals surface area contributed by atoms with Crippen LogP contribution < -0.4 is 4.74 Å². The predicted molar refractivity (Wildman–Crippen MR) is 57.8 cm³/mol. The molecule has 2 aromatic rings. The molecule has 2 rings (SSSR count). The molecule has 5 nitrogen and oxygen atoms in total. The predicted octanol–water partition coefficient (Wildman–Crippen LogP) is 2.07. The summed E-state index contributed by atoms with van der Waals surface area (Å²) in [6.07, 6.45) is 3.29. The minimum atomic E-state index is 0.287.